The van der Waals surface area contributed by atoms with Crippen LogP contribution in [0.15, 0.2) is 24.3 Å². The van der Waals surface area contributed by atoms with E-state index in [0.717, 1.165) is 0 Å². The van der Waals surface area contributed by atoms with E-state index in [0.29, 0.717) is 5.56 Å². The Labute approximate surface area is 104 Å². The zero-order valence-electron chi connectivity index (χ0n) is 9.52. The summed E-state index contributed by atoms with van der Waals surface area (Å²) < 4.78 is 12.6. The molecule has 5 heteroatoms. The van der Waals surface area contributed by atoms with Gasteiger partial charge in [0.05, 0.1) is 6.42 Å². The van der Waals surface area contributed by atoms with E-state index < -0.39 is 23.7 Å². The van der Waals surface area contributed by atoms with Crippen LogP contribution in [-0.4, -0.2) is 23.0 Å². The van der Waals surface area contributed by atoms with Crippen LogP contribution in [0.3, 0.4) is 0 Å². The number of carbonyl (C=O) groups is 2. The van der Waals surface area contributed by atoms with Gasteiger partial charge in [-0.25, -0.2) is 9.18 Å². The van der Waals surface area contributed by atoms with E-state index in [1.807, 2.05) is 0 Å². The first-order valence-corrected chi connectivity index (χ1v) is 5.23. The second kappa shape index (κ2) is 6.40. The van der Waals surface area contributed by atoms with E-state index in [2.05, 4.69) is 11.2 Å². The number of hydrogen-bond donors (Lipinski definition) is 2. The minimum Gasteiger partial charge on any atom is -0.480 e. The van der Waals surface area contributed by atoms with Gasteiger partial charge in [0.25, 0.3) is 0 Å². The number of terminal acetylenes is 1. The van der Waals surface area contributed by atoms with Gasteiger partial charge in [-0.2, -0.15) is 0 Å². The Morgan fingerprint density at radius 2 is 2.00 bits per heavy atom. The molecule has 94 valence electrons. The van der Waals surface area contributed by atoms with Crippen molar-refractivity contribution in [3.8, 4) is 12.3 Å². The molecule has 0 unspecified atom stereocenters. The number of rotatable bonds is 5. The van der Waals surface area contributed by atoms with Crippen molar-refractivity contribution in [3.63, 3.8) is 0 Å². The molecule has 0 aliphatic carbocycles. The van der Waals surface area contributed by atoms with Crippen molar-refractivity contribution in [2.24, 2.45) is 0 Å². The first-order chi connectivity index (χ1) is 8.52. The van der Waals surface area contributed by atoms with E-state index in [4.69, 9.17) is 11.5 Å². The Hall–Kier alpha value is -2.35. The largest absolute Gasteiger partial charge is 0.480 e. The molecule has 4 nitrogen and oxygen atoms in total. The normalized spacial score (nSPS) is 11.3. The standard InChI is InChI=1S/C13H12FNO3/c1-2-3-11(13(17)18)15-12(16)8-9-4-6-10(14)7-5-9/h1,4-7,11H,3,8H2,(H,15,16)(H,17,18)/t11-/m0/s1. The third kappa shape index (κ3) is 4.26. The highest BCUT2D eigenvalue weighted by atomic mass is 19.1. The molecule has 1 aromatic carbocycles. The summed E-state index contributed by atoms with van der Waals surface area (Å²) >= 11 is 0. The quantitative estimate of drug-likeness (QED) is 0.764. The van der Waals surface area contributed by atoms with Gasteiger partial charge in [-0.1, -0.05) is 12.1 Å². The van der Waals surface area contributed by atoms with Crippen molar-refractivity contribution >= 4 is 11.9 Å². The molecule has 0 radical (unpaired) electrons. The Morgan fingerprint density at radius 1 is 1.39 bits per heavy atom. The Balaban J connectivity index is 2.58. The molecule has 0 heterocycles. The highest BCUT2D eigenvalue weighted by molar-refractivity contribution is 5.85. The van der Waals surface area contributed by atoms with Gasteiger partial charge in [-0.05, 0) is 17.7 Å². The molecule has 1 amide bonds. The summed E-state index contributed by atoms with van der Waals surface area (Å²) in [6, 6.07) is 4.30. The van der Waals surface area contributed by atoms with Gasteiger partial charge in [0.15, 0.2) is 0 Å². The predicted octanol–water partition coefficient (Wildman–Crippen LogP) is 0.961. The fourth-order valence-corrected chi connectivity index (χ4v) is 1.35. The van der Waals surface area contributed by atoms with Gasteiger partial charge in [0, 0.05) is 6.42 Å². The lowest BCUT2D eigenvalue weighted by molar-refractivity contribution is -0.141. The van der Waals surface area contributed by atoms with Gasteiger partial charge in [-0.15, -0.1) is 12.3 Å². The fourth-order valence-electron chi connectivity index (χ4n) is 1.35. The lowest BCUT2D eigenvalue weighted by Gasteiger charge is -2.11. The number of halogens is 1. The molecule has 18 heavy (non-hydrogen) atoms. The molecule has 0 saturated heterocycles. The molecule has 1 aromatic rings. The zero-order valence-corrected chi connectivity index (χ0v) is 9.52. The second-order valence-corrected chi connectivity index (χ2v) is 3.67. The third-order valence-electron chi connectivity index (χ3n) is 2.23. The summed E-state index contributed by atoms with van der Waals surface area (Å²) in [4.78, 5) is 22.3. The van der Waals surface area contributed by atoms with Crippen LogP contribution >= 0.6 is 0 Å². The number of aliphatic carboxylic acids is 1. The molecule has 0 aliphatic heterocycles. The number of amides is 1. The number of carbonyl (C=O) groups excluding carboxylic acids is 1. The maximum Gasteiger partial charge on any atom is 0.327 e. The minimum absolute atomic E-state index is 0.0192. The summed E-state index contributed by atoms with van der Waals surface area (Å²) in [5, 5.41) is 11.1. The molecular formula is C13H12FNO3. The van der Waals surface area contributed by atoms with Crippen LogP contribution in [-0.2, 0) is 16.0 Å². The average molecular weight is 249 g/mol. The summed E-state index contributed by atoms with van der Waals surface area (Å²) in [5.41, 5.74) is 0.596. The summed E-state index contributed by atoms with van der Waals surface area (Å²) in [6.07, 6.45) is 4.91. The van der Waals surface area contributed by atoms with Crippen LogP contribution in [0.2, 0.25) is 0 Å². The zero-order chi connectivity index (χ0) is 13.5. The minimum atomic E-state index is -1.18. The monoisotopic (exact) mass is 249 g/mol. The van der Waals surface area contributed by atoms with Crippen LogP contribution in [0.1, 0.15) is 12.0 Å². The molecule has 0 bridgehead atoms. The topological polar surface area (TPSA) is 66.4 Å². The van der Waals surface area contributed by atoms with Crippen molar-refractivity contribution in [3.05, 3.63) is 35.6 Å². The van der Waals surface area contributed by atoms with Crippen LogP contribution < -0.4 is 5.32 Å². The van der Waals surface area contributed by atoms with Gasteiger partial charge < -0.3 is 10.4 Å². The van der Waals surface area contributed by atoms with E-state index in [-0.39, 0.29) is 12.8 Å². The first-order valence-electron chi connectivity index (χ1n) is 5.23. The maximum absolute atomic E-state index is 12.6. The first kappa shape index (κ1) is 13.7. The van der Waals surface area contributed by atoms with Crippen LogP contribution in [0, 0.1) is 18.2 Å². The van der Waals surface area contributed by atoms with Crippen molar-refractivity contribution in [1.82, 2.24) is 5.32 Å². The van der Waals surface area contributed by atoms with Gasteiger partial charge >= 0.3 is 5.97 Å². The number of hydrogen-bond acceptors (Lipinski definition) is 2. The molecule has 1 atom stereocenters. The predicted molar refractivity (Wildman–Crippen MR) is 63.1 cm³/mol. The van der Waals surface area contributed by atoms with Crippen molar-refractivity contribution in [1.29, 1.82) is 0 Å². The van der Waals surface area contributed by atoms with E-state index in [9.17, 15) is 14.0 Å². The summed E-state index contributed by atoms with van der Waals surface area (Å²) in [6.45, 7) is 0. The highest BCUT2D eigenvalue weighted by Gasteiger charge is 2.18. The lowest BCUT2D eigenvalue weighted by atomic mass is 10.1. The molecule has 0 fully saturated rings. The lowest BCUT2D eigenvalue weighted by Crippen LogP contribution is -2.41. The van der Waals surface area contributed by atoms with Crippen molar-refractivity contribution < 1.29 is 19.1 Å². The highest BCUT2D eigenvalue weighted by Crippen LogP contribution is 2.04. The smallest absolute Gasteiger partial charge is 0.327 e. The third-order valence-corrected chi connectivity index (χ3v) is 2.23. The van der Waals surface area contributed by atoms with Gasteiger partial charge in [-0.3, -0.25) is 4.79 Å². The molecule has 0 spiro atoms. The van der Waals surface area contributed by atoms with Gasteiger partial charge in [0.1, 0.15) is 11.9 Å². The van der Waals surface area contributed by atoms with Crippen LogP contribution in [0.4, 0.5) is 4.39 Å². The van der Waals surface area contributed by atoms with Crippen LogP contribution in [0.25, 0.3) is 0 Å². The molecule has 1 rings (SSSR count). The van der Waals surface area contributed by atoms with Crippen LogP contribution in [0.5, 0.6) is 0 Å². The molecule has 0 saturated carbocycles. The summed E-state index contributed by atoms with van der Waals surface area (Å²) in [5.74, 6) is 0.139. The van der Waals surface area contributed by atoms with Crippen molar-refractivity contribution in [2.75, 3.05) is 0 Å². The number of carboxylic acid groups (broad SMARTS) is 1. The SMILES string of the molecule is C#CC[C@H](NC(=O)Cc1ccc(F)cc1)C(=O)O. The van der Waals surface area contributed by atoms with E-state index in [1.165, 1.54) is 24.3 Å². The number of benzene rings is 1. The molecule has 2 N–H and O–H groups in total. The fraction of sp³-hybridized carbons (Fsp3) is 0.231. The Bertz CT molecular complexity index is 476. The second-order valence-electron chi connectivity index (χ2n) is 3.67. The van der Waals surface area contributed by atoms with E-state index in [1.54, 1.807) is 0 Å². The number of carboxylic acids is 1. The molecule has 0 aliphatic rings. The number of nitrogens with one attached hydrogen (secondary N) is 1. The Morgan fingerprint density at radius 3 is 2.50 bits per heavy atom. The van der Waals surface area contributed by atoms with Crippen molar-refractivity contribution in [2.45, 2.75) is 18.9 Å². The average Bonchev–Trinajstić information content (AvgIpc) is 2.31. The maximum atomic E-state index is 12.6. The Kier molecular flexibility index (Phi) is 4.88. The van der Waals surface area contributed by atoms with Gasteiger partial charge in [0.2, 0.25) is 5.91 Å². The molecular weight excluding hydrogens is 237 g/mol. The molecule has 0 aromatic heterocycles. The summed E-state index contributed by atoms with van der Waals surface area (Å²) in [7, 11) is 0. The van der Waals surface area contributed by atoms with E-state index >= 15 is 0 Å².